The highest BCUT2D eigenvalue weighted by Gasteiger charge is 2.11. The molecule has 0 bridgehead atoms. The first-order chi connectivity index (χ1) is 9.69. The Kier molecular flexibility index (Phi) is 3.47. The number of aromatic nitrogens is 2. The summed E-state index contributed by atoms with van der Waals surface area (Å²) >= 11 is 12.3. The zero-order valence-corrected chi connectivity index (χ0v) is 12.1. The maximum atomic E-state index is 6.27. The molecular weight excluding hydrogens is 295 g/mol. The molecule has 0 aliphatic carbocycles. The lowest BCUT2D eigenvalue weighted by Gasteiger charge is -2.09. The predicted octanol–water partition coefficient (Wildman–Crippen LogP) is 4.61. The van der Waals surface area contributed by atoms with E-state index in [4.69, 9.17) is 27.9 Å². The first kappa shape index (κ1) is 13.2. The van der Waals surface area contributed by atoms with Crippen LogP contribution in [-0.2, 0) is 0 Å². The molecule has 3 rings (SSSR count). The third-order valence-electron chi connectivity index (χ3n) is 2.99. The number of fused-ring (bicyclic) bond motifs is 1. The fourth-order valence-electron chi connectivity index (χ4n) is 2.04. The number of pyridine rings is 2. The van der Waals surface area contributed by atoms with Gasteiger partial charge in [-0.25, -0.2) is 4.98 Å². The minimum Gasteiger partial charge on any atom is -0.481 e. The topological polar surface area (TPSA) is 35.0 Å². The van der Waals surface area contributed by atoms with Crippen LogP contribution in [0.4, 0.5) is 0 Å². The average molecular weight is 305 g/mol. The van der Waals surface area contributed by atoms with Crippen LogP contribution in [0.15, 0.2) is 42.6 Å². The van der Waals surface area contributed by atoms with E-state index in [1.54, 1.807) is 31.5 Å². The van der Waals surface area contributed by atoms with Crippen molar-refractivity contribution >= 4 is 34.2 Å². The van der Waals surface area contributed by atoms with Gasteiger partial charge in [0.05, 0.1) is 12.6 Å². The van der Waals surface area contributed by atoms with E-state index in [9.17, 15) is 0 Å². The number of halogens is 2. The predicted molar refractivity (Wildman–Crippen MR) is 81.5 cm³/mol. The quantitative estimate of drug-likeness (QED) is 0.693. The first-order valence-electron chi connectivity index (χ1n) is 5.94. The van der Waals surface area contributed by atoms with E-state index in [1.165, 1.54) is 0 Å². The Hall–Kier alpha value is -1.84. The lowest BCUT2D eigenvalue weighted by atomic mass is 10.0. The van der Waals surface area contributed by atoms with Gasteiger partial charge in [-0.1, -0.05) is 23.2 Å². The van der Waals surface area contributed by atoms with Crippen LogP contribution < -0.4 is 4.74 Å². The van der Waals surface area contributed by atoms with E-state index in [0.29, 0.717) is 15.9 Å². The SMILES string of the molecule is COc1ccc2nccc(-c3cc(Cl)ccc3Cl)c2n1. The molecule has 0 aliphatic rings. The van der Waals surface area contributed by atoms with Gasteiger partial charge in [0.15, 0.2) is 0 Å². The van der Waals surface area contributed by atoms with Crippen molar-refractivity contribution in [1.82, 2.24) is 9.97 Å². The van der Waals surface area contributed by atoms with E-state index in [2.05, 4.69) is 9.97 Å². The van der Waals surface area contributed by atoms with E-state index >= 15 is 0 Å². The van der Waals surface area contributed by atoms with Gasteiger partial charge >= 0.3 is 0 Å². The van der Waals surface area contributed by atoms with Gasteiger partial charge < -0.3 is 4.74 Å². The molecule has 0 radical (unpaired) electrons. The van der Waals surface area contributed by atoms with Gasteiger partial charge in [0.1, 0.15) is 5.52 Å². The summed E-state index contributed by atoms with van der Waals surface area (Å²) in [6.45, 7) is 0. The van der Waals surface area contributed by atoms with Crippen molar-refractivity contribution in [3.05, 3.63) is 52.6 Å². The molecule has 0 amide bonds. The zero-order chi connectivity index (χ0) is 14.1. The Morgan fingerprint density at radius 2 is 1.85 bits per heavy atom. The molecule has 2 heterocycles. The fourth-order valence-corrected chi connectivity index (χ4v) is 2.43. The number of ether oxygens (including phenoxy) is 1. The summed E-state index contributed by atoms with van der Waals surface area (Å²) in [7, 11) is 1.58. The molecule has 0 saturated heterocycles. The molecule has 5 heteroatoms. The monoisotopic (exact) mass is 304 g/mol. The van der Waals surface area contributed by atoms with E-state index in [0.717, 1.165) is 22.2 Å². The van der Waals surface area contributed by atoms with Crippen molar-refractivity contribution in [2.75, 3.05) is 7.11 Å². The normalized spacial score (nSPS) is 10.8. The molecule has 0 aliphatic heterocycles. The standard InChI is InChI=1S/C15H10Cl2N2O/c1-20-14-5-4-13-15(19-14)10(6-7-18-13)11-8-9(16)2-3-12(11)17/h2-8H,1H3. The Morgan fingerprint density at radius 3 is 2.65 bits per heavy atom. The second-order valence-corrected chi connectivity index (χ2v) is 5.05. The van der Waals surface area contributed by atoms with Crippen LogP contribution in [0.3, 0.4) is 0 Å². The summed E-state index contributed by atoms with van der Waals surface area (Å²) in [6, 6.07) is 10.9. The third kappa shape index (κ3) is 2.30. The van der Waals surface area contributed by atoms with Crippen LogP contribution in [0.25, 0.3) is 22.2 Å². The lowest BCUT2D eigenvalue weighted by molar-refractivity contribution is 0.399. The number of benzene rings is 1. The molecule has 0 saturated carbocycles. The Labute approximate surface area is 126 Å². The minimum absolute atomic E-state index is 0.532. The van der Waals surface area contributed by atoms with Gasteiger partial charge in [0.2, 0.25) is 5.88 Å². The molecule has 1 aromatic carbocycles. The highest BCUT2D eigenvalue weighted by atomic mass is 35.5. The summed E-state index contributed by atoms with van der Waals surface area (Å²) in [5.41, 5.74) is 3.21. The van der Waals surface area contributed by atoms with Crippen LogP contribution >= 0.6 is 23.2 Å². The van der Waals surface area contributed by atoms with Crippen molar-refractivity contribution in [2.45, 2.75) is 0 Å². The molecule has 0 spiro atoms. The maximum absolute atomic E-state index is 6.27. The van der Waals surface area contributed by atoms with Gasteiger partial charge in [0, 0.05) is 33.4 Å². The number of methoxy groups -OCH3 is 1. The zero-order valence-electron chi connectivity index (χ0n) is 10.6. The lowest BCUT2D eigenvalue weighted by Crippen LogP contribution is -1.92. The molecular formula is C15H10Cl2N2O. The molecule has 0 unspecified atom stereocenters. The Morgan fingerprint density at radius 1 is 1.00 bits per heavy atom. The fraction of sp³-hybridized carbons (Fsp3) is 0.0667. The highest BCUT2D eigenvalue weighted by molar-refractivity contribution is 6.35. The van der Waals surface area contributed by atoms with Crippen LogP contribution in [0.1, 0.15) is 0 Å². The average Bonchev–Trinajstić information content (AvgIpc) is 2.48. The number of hydrogen-bond acceptors (Lipinski definition) is 3. The summed E-state index contributed by atoms with van der Waals surface area (Å²) in [6.07, 6.45) is 1.73. The smallest absolute Gasteiger partial charge is 0.213 e. The van der Waals surface area contributed by atoms with Gasteiger partial charge in [0.25, 0.3) is 0 Å². The van der Waals surface area contributed by atoms with Crippen LogP contribution in [-0.4, -0.2) is 17.1 Å². The van der Waals surface area contributed by atoms with Crippen LogP contribution in [0, 0.1) is 0 Å². The van der Waals surface area contributed by atoms with Crippen molar-refractivity contribution < 1.29 is 4.74 Å². The summed E-state index contributed by atoms with van der Waals surface area (Å²) < 4.78 is 5.17. The number of nitrogens with zero attached hydrogens (tertiary/aromatic N) is 2. The molecule has 3 aromatic rings. The van der Waals surface area contributed by atoms with Crippen molar-refractivity contribution in [3.8, 4) is 17.0 Å². The number of rotatable bonds is 2. The Balaban J connectivity index is 2.32. The largest absolute Gasteiger partial charge is 0.481 e. The molecule has 0 fully saturated rings. The highest BCUT2D eigenvalue weighted by Crippen LogP contribution is 2.34. The summed E-state index contributed by atoms with van der Waals surface area (Å²) in [4.78, 5) is 8.76. The molecule has 0 atom stereocenters. The van der Waals surface area contributed by atoms with Gasteiger partial charge in [-0.05, 0) is 30.3 Å². The summed E-state index contributed by atoms with van der Waals surface area (Å²) in [5, 5.41) is 1.24. The third-order valence-corrected chi connectivity index (χ3v) is 3.55. The van der Waals surface area contributed by atoms with E-state index < -0.39 is 0 Å². The van der Waals surface area contributed by atoms with Gasteiger partial charge in [-0.15, -0.1) is 0 Å². The van der Waals surface area contributed by atoms with E-state index in [-0.39, 0.29) is 0 Å². The van der Waals surface area contributed by atoms with Crippen LogP contribution in [0.5, 0.6) is 5.88 Å². The number of hydrogen-bond donors (Lipinski definition) is 0. The molecule has 3 nitrogen and oxygen atoms in total. The van der Waals surface area contributed by atoms with Crippen molar-refractivity contribution in [1.29, 1.82) is 0 Å². The van der Waals surface area contributed by atoms with Gasteiger partial charge in [-0.3, -0.25) is 4.98 Å². The minimum atomic E-state index is 0.532. The molecule has 2 aromatic heterocycles. The maximum Gasteiger partial charge on any atom is 0.213 e. The van der Waals surface area contributed by atoms with Crippen LogP contribution in [0.2, 0.25) is 10.0 Å². The second-order valence-electron chi connectivity index (χ2n) is 4.20. The van der Waals surface area contributed by atoms with Crippen molar-refractivity contribution in [2.24, 2.45) is 0 Å². The van der Waals surface area contributed by atoms with E-state index in [1.807, 2.05) is 18.2 Å². The molecule has 0 N–H and O–H groups in total. The summed E-state index contributed by atoms with van der Waals surface area (Å²) in [5.74, 6) is 0.532. The Bertz CT molecular complexity index is 790. The molecule has 100 valence electrons. The van der Waals surface area contributed by atoms with Gasteiger partial charge in [-0.2, -0.15) is 0 Å². The van der Waals surface area contributed by atoms with Crippen molar-refractivity contribution in [3.63, 3.8) is 0 Å². The molecule has 20 heavy (non-hydrogen) atoms. The first-order valence-corrected chi connectivity index (χ1v) is 6.70. The second kappa shape index (κ2) is 5.27.